The maximum Gasteiger partial charge on any atom is 0.187 e. The normalized spacial score (nSPS) is 28.6. The first kappa shape index (κ1) is 25.9. The number of ether oxygens (including phenoxy) is 1. The first-order chi connectivity index (χ1) is 19.3. The minimum Gasteiger partial charge on any atom is -0.390 e. The molecule has 4 aromatic rings. The van der Waals surface area contributed by atoms with Crippen molar-refractivity contribution in [2.45, 2.75) is 49.5 Å². The molecule has 1 aliphatic heterocycles. The molecule has 0 amide bonds. The average molecular weight is 547 g/mol. The summed E-state index contributed by atoms with van der Waals surface area (Å²) < 4.78 is 14.6. The highest BCUT2D eigenvalue weighted by Gasteiger charge is 2.80. The number of rotatable bonds is 7. The van der Waals surface area contributed by atoms with Gasteiger partial charge < -0.3 is 14.3 Å². The summed E-state index contributed by atoms with van der Waals surface area (Å²) in [5, 5.41) is 13.3. The molecular formula is C36H38O3Si. The van der Waals surface area contributed by atoms with Crippen molar-refractivity contribution in [2.24, 2.45) is 23.7 Å². The summed E-state index contributed by atoms with van der Waals surface area (Å²) in [7, 11) is -2.04. The van der Waals surface area contributed by atoms with Gasteiger partial charge in [0.25, 0.3) is 0 Å². The molecule has 3 aliphatic rings. The van der Waals surface area contributed by atoms with E-state index in [4.69, 9.17) is 9.16 Å². The van der Waals surface area contributed by atoms with Crippen LogP contribution < -0.4 is 0 Å². The Labute approximate surface area is 238 Å². The summed E-state index contributed by atoms with van der Waals surface area (Å²) in [5.74, 6) is -0.142. The van der Waals surface area contributed by atoms with Gasteiger partial charge in [0.15, 0.2) is 14.1 Å². The molecule has 1 N–H and O–H groups in total. The maximum absolute atomic E-state index is 13.3. The number of benzene rings is 4. The van der Waals surface area contributed by atoms with Crippen molar-refractivity contribution in [3.05, 3.63) is 144 Å². The molecule has 0 radical (unpaired) electrons. The highest BCUT2D eigenvalue weighted by molar-refractivity contribution is 6.69. The molecule has 2 saturated carbocycles. The van der Waals surface area contributed by atoms with E-state index >= 15 is 0 Å². The molecule has 40 heavy (non-hydrogen) atoms. The van der Waals surface area contributed by atoms with E-state index in [1.54, 1.807) is 0 Å². The second kappa shape index (κ2) is 9.25. The van der Waals surface area contributed by atoms with Gasteiger partial charge in [0.2, 0.25) is 0 Å². The summed E-state index contributed by atoms with van der Waals surface area (Å²) in [4.78, 5) is 0. The minimum atomic E-state index is -2.04. The fraction of sp³-hybridized carbons (Fsp3) is 0.333. The van der Waals surface area contributed by atoms with Crippen molar-refractivity contribution in [2.75, 3.05) is 0 Å². The molecule has 5 atom stereocenters. The lowest BCUT2D eigenvalue weighted by atomic mass is 9.52. The van der Waals surface area contributed by atoms with Crippen LogP contribution in [0.25, 0.3) is 0 Å². The standard InChI is InChI=1S/C36H38O3Si/c1-40(2,3)39-36-31-24-26(31)25-32(34(37,27-16-8-4-9-17-27)28-18-10-5-11-19-28)33(36)35(38-36,29-20-12-6-13-21-29)30-22-14-7-15-23-30/h4-23,26,31-33,37H,24-25H2,1-3H3. The van der Waals surface area contributed by atoms with Crippen LogP contribution in [-0.4, -0.2) is 19.2 Å². The van der Waals surface area contributed by atoms with Gasteiger partial charge in [-0.15, -0.1) is 0 Å². The van der Waals surface area contributed by atoms with Gasteiger partial charge in [-0.05, 0) is 60.7 Å². The number of fused-ring (bicyclic) bond motifs is 3. The van der Waals surface area contributed by atoms with Crippen LogP contribution in [0.5, 0.6) is 0 Å². The number of aliphatic hydroxyl groups is 1. The highest BCUT2D eigenvalue weighted by atomic mass is 28.4. The first-order valence-corrected chi connectivity index (χ1v) is 18.0. The Bertz CT molecular complexity index is 1390. The predicted octanol–water partition coefficient (Wildman–Crippen LogP) is 7.72. The van der Waals surface area contributed by atoms with Crippen molar-refractivity contribution in [3.8, 4) is 0 Å². The molecule has 0 bridgehead atoms. The molecule has 3 fully saturated rings. The van der Waals surface area contributed by atoms with Gasteiger partial charge in [0, 0.05) is 11.8 Å². The molecule has 4 heteroatoms. The Kier molecular flexibility index (Phi) is 5.99. The molecule has 1 heterocycles. The van der Waals surface area contributed by atoms with Gasteiger partial charge in [0.1, 0.15) is 11.2 Å². The lowest BCUT2D eigenvalue weighted by molar-refractivity contribution is -0.434. The number of hydrogen-bond donors (Lipinski definition) is 1. The van der Waals surface area contributed by atoms with Crippen molar-refractivity contribution in [3.63, 3.8) is 0 Å². The van der Waals surface area contributed by atoms with Crippen LogP contribution in [0.1, 0.15) is 35.1 Å². The summed E-state index contributed by atoms with van der Waals surface area (Å²) in [5.41, 5.74) is 2.14. The van der Waals surface area contributed by atoms with E-state index < -0.39 is 25.3 Å². The lowest BCUT2D eigenvalue weighted by Crippen LogP contribution is -2.76. The Morgan fingerprint density at radius 1 is 0.700 bits per heavy atom. The van der Waals surface area contributed by atoms with Crippen LogP contribution in [-0.2, 0) is 20.4 Å². The quantitative estimate of drug-likeness (QED) is 0.241. The predicted molar refractivity (Wildman–Crippen MR) is 161 cm³/mol. The lowest BCUT2D eigenvalue weighted by Gasteiger charge is -2.69. The monoisotopic (exact) mass is 546 g/mol. The van der Waals surface area contributed by atoms with Gasteiger partial charge in [0.05, 0.1) is 5.92 Å². The zero-order valence-corrected chi connectivity index (χ0v) is 24.5. The fourth-order valence-electron chi connectivity index (χ4n) is 7.98. The van der Waals surface area contributed by atoms with Gasteiger partial charge >= 0.3 is 0 Å². The topological polar surface area (TPSA) is 38.7 Å². The summed E-state index contributed by atoms with van der Waals surface area (Å²) in [6.07, 6.45) is 2.01. The molecule has 5 unspecified atom stereocenters. The first-order valence-electron chi connectivity index (χ1n) is 14.6. The third kappa shape index (κ3) is 3.81. The van der Waals surface area contributed by atoms with E-state index in [1.165, 1.54) is 0 Å². The second-order valence-electron chi connectivity index (χ2n) is 12.9. The molecule has 2 aliphatic carbocycles. The van der Waals surface area contributed by atoms with Crippen molar-refractivity contribution in [1.29, 1.82) is 0 Å². The van der Waals surface area contributed by atoms with Crippen molar-refractivity contribution >= 4 is 8.32 Å². The summed E-state index contributed by atoms with van der Waals surface area (Å²) in [6.45, 7) is 6.78. The minimum absolute atomic E-state index is 0.0920. The largest absolute Gasteiger partial charge is 0.390 e. The fourth-order valence-corrected chi connectivity index (χ4v) is 9.26. The van der Waals surface area contributed by atoms with Crippen LogP contribution in [0, 0.1) is 23.7 Å². The Hall–Kier alpha value is -3.02. The zero-order chi connectivity index (χ0) is 27.6. The van der Waals surface area contributed by atoms with E-state index in [-0.39, 0.29) is 11.8 Å². The van der Waals surface area contributed by atoms with Crippen LogP contribution in [0.3, 0.4) is 0 Å². The number of hydrogen-bond acceptors (Lipinski definition) is 3. The Morgan fingerprint density at radius 3 is 1.60 bits per heavy atom. The SMILES string of the molecule is C[Si](C)(C)OC12OC(c3ccccc3)(c3ccccc3)C1C(C(O)(c1ccccc1)c1ccccc1)CC1CC12. The molecule has 0 aromatic heterocycles. The molecular weight excluding hydrogens is 508 g/mol. The van der Waals surface area contributed by atoms with Crippen molar-refractivity contribution < 1.29 is 14.3 Å². The van der Waals surface area contributed by atoms with E-state index in [0.717, 1.165) is 35.1 Å². The Balaban J connectivity index is 1.51. The van der Waals surface area contributed by atoms with E-state index in [0.29, 0.717) is 11.8 Å². The van der Waals surface area contributed by atoms with Crippen LogP contribution in [0.2, 0.25) is 19.6 Å². The van der Waals surface area contributed by atoms with Gasteiger partial charge in [-0.2, -0.15) is 0 Å². The molecule has 0 spiro atoms. The molecule has 204 valence electrons. The third-order valence-corrected chi connectivity index (χ3v) is 10.4. The van der Waals surface area contributed by atoms with Crippen LogP contribution >= 0.6 is 0 Å². The third-order valence-electron chi connectivity index (χ3n) is 9.43. The van der Waals surface area contributed by atoms with Gasteiger partial charge in [-0.3, -0.25) is 0 Å². The maximum atomic E-state index is 13.3. The van der Waals surface area contributed by atoms with Gasteiger partial charge in [-0.1, -0.05) is 121 Å². The van der Waals surface area contributed by atoms with Crippen LogP contribution in [0.15, 0.2) is 121 Å². The smallest absolute Gasteiger partial charge is 0.187 e. The molecule has 4 aromatic carbocycles. The van der Waals surface area contributed by atoms with E-state index in [9.17, 15) is 5.11 Å². The average Bonchev–Trinajstić information content (AvgIpc) is 3.75. The molecule has 1 saturated heterocycles. The van der Waals surface area contributed by atoms with Crippen molar-refractivity contribution in [1.82, 2.24) is 0 Å². The highest BCUT2D eigenvalue weighted by Crippen LogP contribution is 2.75. The van der Waals surface area contributed by atoms with Crippen LogP contribution in [0.4, 0.5) is 0 Å². The zero-order valence-electron chi connectivity index (χ0n) is 23.5. The summed E-state index contributed by atoms with van der Waals surface area (Å²) in [6, 6.07) is 41.8. The molecule has 7 rings (SSSR count). The van der Waals surface area contributed by atoms with Gasteiger partial charge in [-0.25, -0.2) is 0 Å². The van der Waals surface area contributed by atoms with E-state index in [1.807, 2.05) is 36.4 Å². The molecule has 3 nitrogen and oxygen atoms in total. The van der Waals surface area contributed by atoms with E-state index in [2.05, 4.69) is 105 Å². The second-order valence-corrected chi connectivity index (χ2v) is 17.4. The Morgan fingerprint density at radius 2 is 1.15 bits per heavy atom. The summed E-state index contributed by atoms with van der Waals surface area (Å²) >= 11 is 0.